The van der Waals surface area contributed by atoms with Gasteiger partial charge in [0.15, 0.2) is 6.19 Å². The molecule has 190 valence electrons. The molecule has 5 aliphatic rings. The van der Waals surface area contributed by atoms with Crippen LogP contribution in [-0.2, 0) is 6.18 Å². The van der Waals surface area contributed by atoms with Gasteiger partial charge in [0, 0.05) is 32.4 Å². The first-order valence-corrected chi connectivity index (χ1v) is 12.7. The molecule has 1 saturated heterocycles. The summed E-state index contributed by atoms with van der Waals surface area (Å²) < 4.78 is 38.5. The molecule has 6 rings (SSSR count). The van der Waals surface area contributed by atoms with Crippen molar-refractivity contribution in [1.29, 1.82) is 5.26 Å². The predicted molar refractivity (Wildman–Crippen MR) is 126 cm³/mol. The number of amidine groups is 1. The molecule has 1 aliphatic heterocycles. The van der Waals surface area contributed by atoms with Gasteiger partial charge in [0.1, 0.15) is 11.7 Å². The highest BCUT2D eigenvalue weighted by Gasteiger charge is 2.55. The number of aliphatic hydroxyl groups is 1. The molecular weight excluding hydrogens is 457 g/mol. The highest BCUT2D eigenvalue weighted by Crippen LogP contribution is 2.56. The van der Waals surface area contributed by atoms with Crippen LogP contribution in [0.25, 0.3) is 0 Å². The van der Waals surface area contributed by atoms with Crippen LogP contribution >= 0.6 is 0 Å². The zero-order valence-corrected chi connectivity index (χ0v) is 20.0. The van der Waals surface area contributed by atoms with Crippen LogP contribution in [0.5, 0.6) is 0 Å². The minimum absolute atomic E-state index is 0.0300. The number of halogens is 3. The molecule has 35 heavy (non-hydrogen) atoms. The number of alkyl halides is 3. The Balaban J connectivity index is 1.27. The lowest BCUT2D eigenvalue weighted by Gasteiger charge is -2.57. The lowest BCUT2D eigenvalue weighted by atomic mass is 9.52. The van der Waals surface area contributed by atoms with Gasteiger partial charge < -0.3 is 10.0 Å². The third kappa shape index (κ3) is 4.85. The molecular formula is C25H33F3N6O. The summed E-state index contributed by atoms with van der Waals surface area (Å²) >= 11 is 0. The van der Waals surface area contributed by atoms with Crippen LogP contribution < -0.4 is 10.2 Å². The van der Waals surface area contributed by atoms with E-state index in [1.54, 1.807) is 0 Å². The van der Waals surface area contributed by atoms with Crippen molar-refractivity contribution in [3.05, 3.63) is 23.9 Å². The summed E-state index contributed by atoms with van der Waals surface area (Å²) in [5.41, 5.74) is -1.26. The van der Waals surface area contributed by atoms with Crippen molar-refractivity contribution in [2.24, 2.45) is 22.7 Å². The molecule has 10 heteroatoms. The van der Waals surface area contributed by atoms with Crippen molar-refractivity contribution in [2.75, 3.05) is 31.1 Å². The van der Waals surface area contributed by atoms with Crippen LogP contribution in [0.4, 0.5) is 19.0 Å². The summed E-state index contributed by atoms with van der Waals surface area (Å²) in [6, 6.07) is 2.62. The fourth-order valence-corrected chi connectivity index (χ4v) is 7.21. The zero-order valence-electron chi connectivity index (χ0n) is 20.0. The van der Waals surface area contributed by atoms with E-state index < -0.39 is 17.3 Å². The number of rotatable bonds is 5. The molecule has 5 fully saturated rings. The van der Waals surface area contributed by atoms with Gasteiger partial charge in [-0.1, -0.05) is 6.92 Å². The van der Waals surface area contributed by atoms with Crippen LogP contribution in [0, 0.1) is 29.2 Å². The molecule has 4 aliphatic carbocycles. The van der Waals surface area contributed by atoms with Gasteiger partial charge in [-0.15, -0.1) is 0 Å². The number of aromatic nitrogens is 1. The van der Waals surface area contributed by atoms with Crippen LogP contribution in [0.15, 0.2) is 23.3 Å². The fourth-order valence-electron chi connectivity index (χ4n) is 7.21. The Hall–Kier alpha value is -2.38. The minimum Gasteiger partial charge on any atom is -0.390 e. The van der Waals surface area contributed by atoms with Crippen molar-refractivity contribution < 1.29 is 18.3 Å². The molecule has 0 spiro atoms. The molecule has 1 aromatic rings. The van der Waals surface area contributed by atoms with Gasteiger partial charge >= 0.3 is 6.18 Å². The van der Waals surface area contributed by atoms with Gasteiger partial charge in [-0.2, -0.15) is 18.4 Å². The molecule has 2 unspecified atom stereocenters. The van der Waals surface area contributed by atoms with Crippen molar-refractivity contribution in [3.63, 3.8) is 0 Å². The third-order valence-corrected chi connectivity index (χ3v) is 8.52. The van der Waals surface area contributed by atoms with E-state index in [1.165, 1.54) is 6.07 Å². The van der Waals surface area contributed by atoms with E-state index in [-0.39, 0.29) is 12.1 Å². The monoisotopic (exact) mass is 490 g/mol. The number of piperazine rings is 1. The number of anilines is 1. The summed E-state index contributed by atoms with van der Waals surface area (Å²) in [6.07, 6.45) is 4.15. The highest BCUT2D eigenvalue weighted by atomic mass is 19.4. The van der Waals surface area contributed by atoms with Gasteiger partial charge in [-0.3, -0.25) is 15.2 Å². The molecule has 0 amide bonds. The smallest absolute Gasteiger partial charge is 0.390 e. The maximum absolute atomic E-state index is 12.8. The summed E-state index contributed by atoms with van der Waals surface area (Å²) in [7, 11) is 0. The molecule has 2 N–H and O–H groups in total. The Labute approximate surface area is 204 Å². The number of nitrogens with one attached hydrogen (secondary N) is 1. The molecule has 0 radical (unpaired) electrons. The number of pyridine rings is 1. The fraction of sp³-hybridized carbons (Fsp3) is 0.720. The zero-order chi connectivity index (χ0) is 24.8. The predicted octanol–water partition coefficient (Wildman–Crippen LogP) is 3.41. The quantitative estimate of drug-likeness (QED) is 0.285. The van der Waals surface area contributed by atoms with Gasteiger partial charge in [-0.05, 0) is 68.4 Å². The van der Waals surface area contributed by atoms with E-state index in [0.29, 0.717) is 55.6 Å². The Morgan fingerprint density at radius 1 is 1.23 bits per heavy atom. The second kappa shape index (κ2) is 9.25. The number of hydrogen-bond acceptors (Lipinski definition) is 6. The highest BCUT2D eigenvalue weighted by molar-refractivity contribution is 5.89. The second-order valence-electron chi connectivity index (χ2n) is 10.8. The second-order valence-corrected chi connectivity index (χ2v) is 10.8. The van der Waals surface area contributed by atoms with E-state index in [4.69, 9.17) is 4.99 Å². The largest absolute Gasteiger partial charge is 0.417 e. The number of nitrogens with zero attached hydrogens (tertiary/aromatic N) is 5. The summed E-state index contributed by atoms with van der Waals surface area (Å²) in [4.78, 5) is 13.5. The molecule has 0 aromatic carbocycles. The number of hydrogen-bond donors (Lipinski definition) is 2. The normalized spacial score (nSPS) is 34.1. The lowest BCUT2D eigenvalue weighted by Crippen LogP contribution is -2.58. The van der Waals surface area contributed by atoms with Crippen molar-refractivity contribution in [2.45, 2.75) is 69.3 Å². The molecule has 3 atom stereocenters. The van der Waals surface area contributed by atoms with Crippen LogP contribution in [-0.4, -0.2) is 64.7 Å². The molecule has 1 aromatic heterocycles. The van der Waals surface area contributed by atoms with E-state index in [0.717, 1.165) is 50.8 Å². The Morgan fingerprint density at radius 2 is 1.91 bits per heavy atom. The van der Waals surface area contributed by atoms with Crippen LogP contribution in [0.2, 0.25) is 0 Å². The van der Waals surface area contributed by atoms with Gasteiger partial charge in [0.25, 0.3) is 0 Å². The first-order chi connectivity index (χ1) is 16.7. The summed E-state index contributed by atoms with van der Waals surface area (Å²) in [6.45, 7) is 4.76. The molecule has 4 bridgehead atoms. The molecule has 7 nitrogen and oxygen atoms in total. The first-order valence-electron chi connectivity index (χ1n) is 12.7. The molecule has 2 heterocycles. The minimum atomic E-state index is -4.39. The maximum Gasteiger partial charge on any atom is 0.417 e. The maximum atomic E-state index is 12.8. The van der Waals surface area contributed by atoms with E-state index >= 15 is 0 Å². The average Bonchev–Trinajstić information content (AvgIpc) is 2.81. The summed E-state index contributed by atoms with van der Waals surface area (Å²) in [5.74, 6) is 2.61. The van der Waals surface area contributed by atoms with E-state index in [2.05, 4.69) is 28.3 Å². The Kier molecular flexibility index (Phi) is 6.43. The Bertz CT molecular complexity index is 966. The SMILES string of the molecule is CC[C@H](C(=NC1C2CC3CC1CC(O)(C3)C2)NC#N)N1CCN(c2ccc(C(F)(F)F)cn2)CC1. The molecule has 4 saturated carbocycles. The van der Waals surface area contributed by atoms with Gasteiger partial charge in [0.05, 0.1) is 23.2 Å². The van der Waals surface area contributed by atoms with Crippen LogP contribution in [0.3, 0.4) is 0 Å². The standard InChI is InChI=1S/C25H33F3N6O/c1-2-20(33-5-7-34(8-6-33)21-4-3-19(14-30-21)25(26,27)28)23(31-15-29)32-22-17-9-16-10-18(22)13-24(35,11-16)12-17/h3-4,14,16-18,20,22,35H,2,5-13H2,1H3,(H,31,32)/t16?,17?,18?,20-,22?,24?/m1/s1. The third-order valence-electron chi connectivity index (χ3n) is 8.52. The van der Waals surface area contributed by atoms with Gasteiger partial charge in [-0.25, -0.2) is 4.98 Å². The first kappa shape index (κ1) is 24.3. The van der Waals surface area contributed by atoms with Crippen molar-refractivity contribution >= 4 is 11.7 Å². The van der Waals surface area contributed by atoms with E-state index in [1.807, 2.05) is 4.90 Å². The van der Waals surface area contributed by atoms with Crippen LogP contribution in [0.1, 0.15) is 51.0 Å². The number of nitriles is 1. The van der Waals surface area contributed by atoms with Crippen molar-refractivity contribution in [1.82, 2.24) is 15.2 Å². The topological polar surface area (TPSA) is 87.8 Å². The lowest BCUT2D eigenvalue weighted by molar-refractivity contribution is -0.137. The Morgan fingerprint density at radius 3 is 2.43 bits per heavy atom. The van der Waals surface area contributed by atoms with Gasteiger partial charge in [0.2, 0.25) is 0 Å². The number of aliphatic imine (C=N–C) groups is 1. The summed E-state index contributed by atoms with van der Waals surface area (Å²) in [5, 5.41) is 23.3. The van der Waals surface area contributed by atoms with Crippen molar-refractivity contribution in [3.8, 4) is 6.19 Å². The average molecular weight is 491 g/mol. The van der Waals surface area contributed by atoms with E-state index in [9.17, 15) is 23.5 Å².